The van der Waals surface area contributed by atoms with Gasteiger partial charge in [-0.25, -0.2) is 0 Å². The summed E-state index contributed by atoms with van der Waals surface area (Å²) in [6.45, 7) is 4.11. The van der Waals surface area contributed by atoms with Crippen LogP contribution in [0.4, 0.5) is 0 Å². The second-order valence-corrected chi connectivity index (χ2v) is 4.87. The lowest BCUT2D eigenvalue weighted by molar-refractivity contribution is -0.149. The lowest BCUT2D eigenvalue weighted by Gasteiger charge is -2.19. The fourth-order valence-corrected chi connectivity index (χ4v) is 1.91. The average molecular weight is 344 g/mol. The van der Waals surface area contributed by atoms with Crippen LogP contribution in [0.2, 0.25) is 0 Å². The molecule has 0 aliphatic rings. The summed E-state index contributed by atoms with van der Waals surface area (Å²) in [7, 11) is 0. The minimum atomic E-state index is -0.412. The van der Waals surface area contributed by atoms with Crippen molar-refractivity contribution >= 4 is 27.8 Å². The van der Waals surface area contributed by atoms with Gasteiger partial charge in [0.15, 0.2) is 6.61 Å². The van der Waals surface area contributed by atoms with E-state index in [0.717, 1.165) is 4.47 Å². The summed E-state index contributed by atoms with van der Waals surface area (Å²) in [5, 5.41) is 0. The number of hydrogen-bond donors (Lipinski definition) is 0. The highest BCUT2D eigenvalue weighted by atomic mass is 79.9. The highest BCUT2D eigenvalue weighted by molar-refractivity contribution is 9.10. The molecule has 0 atom stereocenters. The van der Waals surface area contributed by atoms with Gasteiger partial charge in [-0.3, -0.25) is 9.59 Å². The van der Waals surface area contributed by atoms with Gasteiger partial charge in [-0.1, -0.05) is 22.0 Å². The molecule has 1 aromatic carbocycles. The molecule has 110 valence electrons. The smallest absolute Gasteiger partial charge is 0.325 e. The van der Waals surface area contributed by atoms with E-state index in [1.165, 1.54) is 4.90 Å². The standard InChI is InChI=1S/C14H18BrNO4/c1-3-16(9-14(18)19-4-2)13(17)10-20-12-7-5-6-11(15)8-12/h5-8H,3-4,9-10H2,1-2H3. The number of benzene rings is 1. The van der Waals surface area contributed by atoms with Crippen LogP contribution in [0.5, 0.6) is 5.75 Å². The number of likely N-dealkylation sites (N-methyl/N-ethyl adjacent to an activating group) is 1. The van der Waals surface area contributed by atoms with Crippen molar-refractivity contribution in [2.75, 3.05) is 26.3 Å². The first-order chi connectivity index (χ1) is 9.56. The number of amides is 1. The number of carbonyl (C=O) groups excluding carboxylic acids is 2. The average Bonchev–Trinajstić information content (AvgIpc) is 2.42. The van der Waals surface area contributed by atoms with Crippen molar-refractivity contribution in [1.82, 2.24) is 4.90 Å². The van der Waals surface area contributed by atoms with E-state index < -0.39 is 5.97 Å². The van der Waals surface area contributed by atoms with Crippen LogP contribution in [0.1, 0.15) is 13.8 Å². The molecular weight excluding hydrogens is 326 g/mol. The Hall–Kier alpha value is -1.56. The zero-order valence-corrected chi connectivity index (χ0v) is 13.2. The molecule has 1 amide bonds. The molecule has 0 unspecified atom stereocenters. The predicted octanol–water partition coefficient (Wildman–Crippen LogP) is 2.24. The predicted molar refractivity (Wildman–Crippen MR) is 78.5 cm³/mol. The number of ether oxygens (including phenoxy) is 2. The summed E-state index contributed by atoms with van der Waals surface area (Å²) >= 11 is 3.33. The van der Waals surface area contributed by atoms with E-state index in [2.05, 4.69) is 15.9 Å². The molecule has 0 fully saturated rings. The third kappa shape index (κ3) is 5.61. The highest BCUT2D eigenvalue weighted by Crippen LogP contribution is 2.17. The van der Waals surface area contributed by atoms with E-state index in [4.69, 9.17) is 9.47 Å². The van der Waals surface area contributed by atoms with E-state index in [9.17, 15) is 9.59 Å². The minimum absolute atomic E-state index is 0.0506. The number of rotatable bonds is 7. The normalized spacial score (nSPS) is 9.95. The fourth-order valence-electron chi connectivity index (χ4n) is 1.53. The third-order valence-corrected chi connectivity index (χ3v) is 3.01. The first kappa shape index (κ1) is 16.5. The molecule has 1 aromatic rings. The van der Waals surface area contributed by atoms with Gasteiger partial charge in [-0.05, 0) is 32.0 Å². The number of carbonyl (C=O) groups is 2. The van der Waals surface area contributed by atoms with E-state index in [0.29, 0.717) is 18.9 Å². The van der Waals surface area contributed by atoms with Crippen LogP contribution in [0, 0.1) is 0 Å². The molecule has 0 saturated heterocycles. The van der Waals surface area contributed by atoms with Crippen molar-refractivity contribution in [1.29, 1.82) is 0 Å². The van der Waals surface area contributed by atoms with E-state index in [1.54, 1.807) is 26.0 Å². The molecule has 6 heteroatoms. The van der Waals surface area contributed by atoms with Crippen molar-refractivity contribution in [2.45, 2.75) is 13.8 Å². The first-order valence-electron chi connectivity index (χ1n) is 6.38. The van der Waals surface area contributed by atoms with Crippen molar-refractivity contribution in [3.63, 3.8) is 0 Å². The summed E-state index contributed by atoms with van der Waals surface area (Å²) in [6, 6.07) is 7.22. The van der Waals surface area contributed by atoms with Crippen LogP contribution in [-0.2, 0) is 14.3 Å². The molecule has 0 aliphatic heterocycles. The molecule has 5 nitrogen and oxygen atoms in total. The lowest BCUT2D eigenvalue weighted by Crippen LogP contribution is -2.39. The number of halogens is 1. The summed E-state index contributed by atoms with van der Waals surface area (Å²) in [4.78, 5) is 24.7. The Balaban J connectivity index is 2.49. The summed E-state index contributed by atoms with van der Waals surface area (Å²) in [5.41, 5.74) is 0. The van der Waals surface area contributed by atoms with Gasteiger partial charge in [-0.15, -0.1) is 0 Å². The van der Waals surface area contributed by atoms with Gasteiger partial charge >= 0.3 is 5.97 Å². The van der Waals surface area contributed by atoms with Crippen LogP contribution >= 0.6 is 15.9 Å². The fraction of sp³-hybridized carbons (Fsp3) is 0.429. The topological polar surface area (TPSA) is 55.8 Å². The molecule has 0 spiro atoms. The van der Waals surface area contributed by atoms with Gasteiger partial charge in [0.05, 0.1) is 6.61 Å². The Kier molecular flexibility index (Phi) is 7.08. The van der Waals surface area contributed by atoms with E-state index in [-0.39, 0.29) is 19.1 Å². The van der Waals surface area contributed by atoms with Crippen LogP contribution in [0.15, 0.2) is 28.7 Å². The second-order valence-electron chi connectivity index (χ2n) is 3.96. The maximum Gasteiger partial charge on any atom is 0.325 e. The third-order valence-electron chi connectivity index (χ3n) is 2.52. The van der Waals surface area contributed by atoms with Gasteiger partial charge in [-0.2, -0.15) is 0 Å². The zero-order chi connectivity index (χ0) is 15.0. The Morgan fingerprint density at radius 2 is 2.05 bits per heavy atom. The molecule has 0 bridgehead atoms. The summed E-state index contributed by atoms with van der Waals surface area (Å²) in [5.74, 6) is -0.0643. The SMILES string of the molecule is CCOC(=O)CN(CC)C(=O)COc1cccc(Br)c1. The van der Waals surface area contributed by atoms with E-state index in [1.807, 2.05) is 12.1 Å². The monoisotopic (exact) mass is 343 g/mol. The van der Waals surface area contributed by atoms with Gasteiger partial charge < -0.3 is 14.4 Å². The zero-order valence-electron chi connectivity index (χ0n) is 11.6. The largest absolute Gasteiger partial charge is 0.484 e. The Bertz CT molecular complexity index is 464. The van der Waals surface area contributed by atoms with Crippen LogP contribution < -0.4 is 4.74 Å². The molecule has 1 rings (SSSR count). The van der Waals surface area contributed by atoms with Crippen molar-refractivity contribution in [3.05, 3.63) is 28.7 Å². The van der Waals surface area contributed by atoms with Gasteiger partial charge in [0.2, 0.25) is 0 Å². The number of nitrogens with zero attached hydrogens (tertiary/aromatic N) is 1. The minimum Gasteiger partial charge on any atom is -0.484 e. The first-order valence-corrected chi connectivity index (χ1v) is 7.17. The molecular formula is C14H18BrNO4. The molecule has 0 N–H and O–H groups in total. The van der Waals surface area contributed by atoms with Crippen LogP contribution in [0.25, 0.3) is 0 Å². The Morgan fingerprint density at radius 3 is 2.65 bits per heavy atom. The van der Waals surface area contributed by atoms with Crippen LogP contribution in [0.3, 0.4) is 0 Å². The van der Waals surface area contributed by atoms with Gasteiger partial charge in [0, 0.05) is 11.0 Å². The maximum atomic E-state index is 12.0. The highest BCUT2D eigenvalue weighted by Gasteiger charge is 2.16. The molecule has 20 heavy (non-hydrogen) atoms. The number of hydrogen-bond acceptors (Lipinski definition) is 4. The Morgan fingerprint density at radius 1 is 1.30 bits per heavy atom. The van der Waals surface area contributed by atoms with Crippen molar-refractivity contribution < 1.29 is 19.1 Å². The molecule has 0 aliphatic carbocycles. The summed E-state index contributed by atoms with van der Waals surface area (Å²) < 4.78 is 11.1. The molecule has 0 saturated carbocycles. The molecule has 0 aromatic heterocycles. The second kappa shape index (κ2) is 8.58. The molecule has 0 radical (unpaired) electrons. The van der Waals surface area contributed by atoms with Crippen LogP contribution in [-0.4, -0.2) is 43.1 Å². The van der Waals surface area contributed by atoms with Gasteiger partial charge in [0.25, 0.3) is 5.91 Å². The summed E-state index contributed by atoms with van der Waals surface area (Å²) in [6.07, 6.45) is 0. The number of esters is 1. The lowest BCUT2D eigenvalue weighted by atomic mass is 10.3. The van der Waals surface area contributed by atoms with Gasteiger partial charge in [0.1, 0.15) is 12.3 Å². The van der Waals surface area contributed by atoms with E-state index >= 15 is 0 Å². The Labute approximate surface area is 127 Å². The van der Waals surface area contributed by atoms with Crippen molar-refractivity contribution in [2.24, 2.45) is 0 Å². The molecule has 0 heterocycles. The quantitative estimate of drug-likeness (QED) is 0.712. The van der Waals surface area contributed by atoms with Crippen molar-refractivity contribution in [3.8, 4) is 5.75 Å². The maximum absolute atomic E-state index is 12.0.